The highest BCUT2D eigenvalue weighted by Crippen LogP contribution is 2.07. The number of amides is 2. The van der Waals surface area contributed by atoms with Crippen LogP contribution in [0.15, 0.2) is 0 Å². The summed E-state index contributed by atoms with van der Waals surface area (Å²) in [7, 11) is 1.72. The van der Waals surface area contributed by atoms with Crippen LogP contribution in [0.1, 0.15) is 46.5 Å². The Kier molecular flexibility index (Phi) is 11.2. The number of nitrogens with two attached hydrogens (primary N) is 1. The Morgan fingerprint density at radius 1 is 1.17 bits per heavy atom. The standard InChI is InChI=1S/C16H32N4O3/c1-5-11(2)15(18-4)16(23)19-10-14(22)20-13(12(3)21)8-6-7-9-17/h11,13,15,18H,5-10,17H2,1-4H3,(H,19,23)(H,20,22)/t11-,13-,15?/m0/s1. The largest absolute Gasteiger partial charge is 0.346 e. The Morgan fingerprint density at radius 2 is 1.83 bits per heavy atom. The van der Waals surface area contributed by atoms with Crippen molar-refractivity contribution in [3.8, 4) is 0 Å². The first-order chi connectivity index (χ1) is 10.9. The van der Waals surface area contributed by atoms with E-state index in [2.05, 4.69) is 16.0 Å². The average Bonchev–Trinajstić information content (AvgIpc) is 2.52. The molecule has 0 bridgehead atoms. The van der Waals surface area contributed by atoms with Gasteiger partial charge in [-0.05, 0) is 45.7 Å². The van der Waals surface area contributed by atoms with Gasteiger partial charge in [0.1, 0.15) is 0 Å². The highest BCUT2D eigenvalue weighted by molar-refractivity contribution is 5.91. The first-order valence-corrected chi connectivity index (χ1v) is 8.32. The fourth-order valence-electron chi connectivity index (χ4n) is 2.30. The van der Waals surface area contributed by atoms with Gasteiger partial charge in [-0.2, -0.15) is 0 Å². The van der Waals surface area contributed by atoms with Crippen LogP contribution < -0.4 is 21.7 Å². The van der Waals surface area contributed by atoms with E-state index in [-0.39, 0.29) is 36.1 Å². The van der Waals surface area contributed by atoms with Gasteiger partial charge in [-0.1, -0.05) is 20.3 Å². The SMILES string of the molecule is CC[C@H](C)C(NC)C(=O)NCC(=O)N[C@@H](CCCCN)C(C)=O. The van der Waals surface area contributed by atoms with E-state index in [9.17, 15) is 14.4 Å². The molecule has 0 aromatic heterocycles. The van der Waals surface area contributed by atoms with Gasteiger partial charge in [0.25, 0.3) is 0 Å². The van der Waals surface area contributed by atoms with Gasteiger partial charge in [0.05, 0.1) is 18.6 Å². The molecule has 0 aliphatic carbocycles. The monoisotopic (exact) mass is 328 g/mol. The molecule has 0 radical (unpaired) electrons. The molecule has 0 aliphatic heterocycles. The Labute approximate surface area is 139 Å². The maximum atomic E-state index is 12.1. The number of Topliss-reactive ketones (excluding diaryl/α,β-unsaturated/α-hetero) is 1. The van der Waals surface area contributed by atoms with E-state index < -0.39 is 6.04 Å². The number of rotatable bonds is 12. The fourth-order valence-corrected chi connectivity index (χ4v) is 2.30. The molecule has 7 nitrogen and oxygen atoms in total. The maximum absolute atomic E-state index is 12.1. The summed E-state index contributed by atoms with van der Waals surface area (Å²) in [4.78, 5) is 35.5. The Morgan fingerprint density at radius 3 is 2.30 bits per heavy atom. The summed E-state index contributed by atoms with van der Waals surface area (Å²) in [6.45, 7) is 5.87. The summed E-state index contributed by atoms with van der Waals surface area (Å²) >= 11 is 0. The number of likely N-dealkylation sites (N-methyl/N-ethyl adjacent to an activating group) is 1. The number of unbranched alkanes of at least 4 members (excludes halogenated alkanes) is 1. The summed E-state index contributed by atoms with van der Waals surface area (Å²) in [5.41, 5.74) is 5.42. The van der Waals surface area contributed by atoms with Crippen LogP contribution in [0.3, 0.4) is 0 Å². The van der Waals surface area contributed by atoms with Crippen LogP contribution in [0.25, 0.3) is 0 Å². The quantitative estimate of drug-likeness (QED) is 0.375. The molecule has 3 atom stereocenters. The number of carbonyl (C=O) groups excluding carboxylic acids is 3. The van der Waals surface area contributed by atoms with Crippen LogP contribution in [-0.4, -0.2) is 49.8 Å². The van der Waals surface area contributed by atoms with Gasteiger partial charge in [0.15, 0.2) is 5.78 Å². The highest BCUT2D eigenvalue weighted by atomic mass is 16.2. The van der Waals surface area contributed by atoms with E-state index in [1.165, 1.54) is 6.92 Å². The molecule has 7 heteroatoms. The van der Waals surface area contributed by atoms with E-state index in [1.54, 1.807) is 7.05 Å². The van der Waals surface area contributed by atoms with Crippen molar-refractivity contribution in [2.45, 2.75) is 58.5 Å². The van der Waals surface area contributed by atoms with Crippen molar-refractivity contribution in [1.29, 1.82) is 0 Å². The number of nitrogens with one attached hydrogen (secondary N) is 3. The van der Waals surface area contributed by atoms with Crippen LogP contribution in [-0.2, 0) is 14.4 Å². The van der Waals surface area contributed by atoms with Crippen molar-refractivity contribution in [2.24, 2.45) is 11.7 Å². The summed E-state index contributed by atoms with van der Waals surface area (Å²) < 4.78 is 0. The van der Waals surface area contributed by atoms with E-state index in [0.29, 0.717) is 13.0 Å². The number of hydrogen-bond acceptors (Lipinski definition) is 5. The minimum Gasteiger partial charge on any atom is -0.346 e. The van der Waals surface area contributed by atoms with Crippen molar-refractivity contribution < 1.29 is 14.4 Å². The first-order valence-electron chi connectivity index (χ1n) is 8.32. The van der Waals surface area contributed by atoms with Crippen molar-refractivity contribution in [1.82, 2.24) is 16.0 Å². The second-order valence-corrected chi connectivity index (χ2v) is 5.88. The molecule has 0 rings (SSSR count). The van der Waals surface area contributed by atoms with E-state index in [0.717, 1.165) is 19.3 Å². The molecule has 0 saturated carbocycles. The average molecular weight is 328 g/mol. The van der Waals surface area contributed by atoms with Gasteiger partial charge in [-0.3, -0.25) is 14.4 Å². The molecule has 0 fully saturated rings. The molecule has 0 spiro atoms. The Hall–Kier alpha value is -1.47. The number of hydrogen-bond donors (Lipinski definition) is 4. The summed E-state index contributed by atoms with van der Waals surface area (Å²) in [6, 6.07) is -0.846. The fraction of sp³-hybridized carbons (Fsp3) is 0.812. The van der Waals surface area contributed by atoms with Gasteiger partial charge in [-0.15, -0.1) is 0 Å². The third-order valence-electron chi connectivity index (χ3n) is 4.00. The summed E-state index contributed by atoms with van der Waals surface area (Å²) in [6.07, 6.45) is 3.02. The Balaban J connectivity index is 4.35. The van der Waals surface area contributed by atoms with Crippen molar-refractivity contribution in [2.75, 3.05) is 20.1 Å². The van der Waals surface area contributed by atoms with Crippen molar-refractivity contribution >= 4 is 17.6 Å². The normalized spacial score (nSPS) is 14.7. The molecule has 0 aliphatic rings. The first kappa shape index (κ1) is 21.5. The lowest BCUT2D eigenvalue weighted by atomic mass is 9.98. The van der Waals surface area contributed by atoms with Crippen LogP contribution in [0, 0.1) is 5.92 Å². The predicted molar refractivity (Wildman–Crippen MR) is 90.8 cm³/mol. The molecule has 0 heterocycles. The van der Waals surface area contributed by atoms with E-state index in [4.69, 9.17) is 5.73 Å². The highest BCUT2D eigenvalue weighted by Gasteiger charge is 2.23. The summed E-state index contributed by atoms with van der Waals surface area (Å²) in [5.74, 6) is -0.483. The van der Waals surface area contributed by atoms with Gasteiger partial charge in [0, 0.05) is 0 Å². The predicted octanol–water partition coefficient (Wildman–Crippen LogP) is -0.0605. The zero-order valence-electron chi connectivity index (χ0n) is 14.8. The topological polar surface area (TPSA) is 113 Å². The molecule has 23 heavy (non-hydrogen) atoms. The molecule has 0 aromatic rings. The lowest BCUT2D eigenvalue weighted by Gasteiger charge is -2.22. The molecule has 5 N–H and O–H groups in total. The lowest BCUT2D eigenvalue weighted by Crippen LogP contribution is -2.50. The Bertz CT molecular complexity index is 388. The zero-order valence-corrected chi connectivity index (χ0v) is 14.8. The lowest BCUT2D eigenvalue weighted by molar-refractivity contribution is -0.129. The molecule has 1 unspecified atom stereocenters. The molecular formula is C16H32N4O3. The van der Waals surface area contributed by atoms with Gasteiger partial charge in [-0.25, -0.2) is 0 Å². The second kappa shape index (κ2) is 12.0. The van der Waals surface area contributed by atoms with Crippen LogP contribution in [0.4, 0.5) is 0 Å². The minimum atomic E-state index is -0.513. The van der Waals surface area contributed by atoms with E-state index in [1.807, 2.05) is 13.8 Å². The van der Waals surface area contributed by atoms with Crippen LogP contribution in [0.5, 0.6) is 0 Å². The van der Waals surface area contributed by atoms with Gasteiger partial charge in [0.2, 0.25) is 11.8 Å². The minimum absolute atomic E-state index is 0.0885. The number of carbonyl (C=O) groups is 3. The molecule has 134 valence electrons. The molecular weight excluding hydrogens is 296 g/mol. The van der Waals surface area contributed by atoms with Crippen molar-refractivity contribution in [3.63, 3.8) is 0 Å². The van der Waals surface area contributed by atoms with Gasteiger partial charge < -0.3 is 21.7 Å². The maximum Gasteiger partial charge on any atom is 0.239 e. The molecule has 2 amide bonds. The smallest absolute Gasteiger partial charge is 0.239 e. The summed E-state index contributed by atoms with van der Waals surface area (Å²) in [5, 5.41) is 8.24. The molecule has 0 saturated heterocycles. The third kappa shape index (κ3) is 8.66. The second-order valence-electron chi connectivity index (χ2n) is 5.88. The van der Waals surface area contributed by atoms with Crippen LogP contribution >= 0.6 is 0 Å². The number of ketones is 1. The third-order valence-corrected chi connectivity index (χ3v) is 4.00. The van der Waals surface area contributed by atoms with Crippen molar-refractivity contribution in [3.05, 3.63) is 0 Å². The van der Waals surface area contributed by atoms with Crippen LogP contribution in [0.2, 0.25) is 0 Å². The van der Waals surface area contributed by atoms with Gasteiger partial charge >= 0.3 is 0 Å². The van der Waals surface area contributed by atoms with E-state index >= 15 is 0 Å². The molecule has 0 aromatic carbocycles. The zero-order chi connectivity index (χ0) is 17.8.